The van der Waals surface area contributed by atoms with Crippen LogP contribution < -0.4 is 5.32 Å². The average Bonchev–Trinajstić information content (AvgIpc) is 3.26. The quantitative estimate of drug-likeness (QED) is 0.827. The smallest absolute Gasteiger partial charge is 0.307 e. The molecule has 2 aliphatic rings. The van der Waals surface area contributed by atoms with Gasteiger partial charge in [-0.05, 0) is 43.4 Å². The fraction of sp³-hybridized carbons (Fsp3) is 0.526. The molecule has 25 heavy (non-hydrogen) atoms. The molecule has 0 unspecified atom stereocenters. The van der Waals surface area contributed by atoms with E-state index in [2.05, 4.69) is 5.32 Å². The monoisotopic (exact) mass is 344 g/mol. The largest absolute Gasteiger partial charge is 0.481 e. The first-order chi connectivity index (χ1) is 12.0. The highest BCUT2D eigenvalue weighted by atomic mass is 16.4. The van der Waals surface area contributed by atoms with Gasteiger partial charge in [-0.25, -0.2) is 0 Å². The van der Waals surface area contributed by atoms with Gasteiger partial charge in [0.1, 0.15) is 0 Å². The van der Waals surface area contributed by atoms with E-state index in [1.165, 1.54) is 0 Å². The van der Waals surface area contributed by atoms with Crippen molar-refractivity contribution < 1.29 is 19.5 Å². The lowest BCUT2D eigenvalue weighted by Crippen LogP contribution is -2.36. The van der Waals surface area contributed by atoms with Crippen LogP contribution in [0.15, 0.2) is 24.3 Å². The van der Waals surface area contributed by atoms with E-state index >= 15 is 0 Å². The summed E-state index contributed by atoms with van der Waals surface area (Å²) in [5.41, 5.74) is 1.54. The van der Waals surface area contributed by atoms with Crippen LogP contribution in [0.3, 0.4) is 0 Å². The maximum atomic E-state index is 12.6. The number of hydrogen-bond donors (Lipinski definition) is 2. The number of carboxylic acids is 1. The van der Waals surface area contributed by atoms with Crippen molar-refractivity contribution in [1.82, 2.24) is 10.2 Å². The van der Waals surface area contributed by atoms with E-state index in [1.54, 1.807) is 24.1 Å². The van der Waals surface area contributed by atoms with Crippen LogP contribution in [-0.4, -0.2) is 40.9 Å². The van der Waals surface area contributed by atoms with Crippen LogP contribution in [0, 0.1) is 11.8 Å². The number of hydrogen-bond acceptors (Lipinski definition) is 3. The summed E-state index contributed by atoms with van der Waals surface area (Å²) < 4.78 is 0. The Balaban J connectivity index is 1.58. The fourth-order valence-electron chi connectivity index (χ4n) is 3.44. The molecule has 0 spiro atoms. The van der Waals surface area contributed by atoms with Gasteiger partial charge in [-0.2, -0.15) is 0 Å². The van der Waals surface area contributed by atoms with Gasteiger partial charge < -0.3 is 15.3 Å². The zero-order valence-electron chi connectivity index (χ0n) is 14.4. The number of carbonyl (C=O) groups excluding carboxylic acids is 2. The first-order valence-electron chi connectivity index (χ1n) is 8.83. The number of carboxylic acid groups (broad SMARTS) is 1. The Morgan fingerprint density at radius 2 is 1.72 bits per heavy atom. The topological polar surface area (TPSA) is 86.7 Å². The lowest BCUT2D eigenvalue weighted by Gasteiger charge is -2.23. The third-order valence-corrected chi connectivity index (χ3v) is 5.08. The zero-order chi connectivity index (χ0) is 18.0. The lowest BCUT2D eigenvalue weighted by molar-refractivity contribution is -0.148. The van der Waals surface area contributed by atoms with Gasteiger partial charge in [0.15, 0.2) is 0 Å². The molecule has 1 aromatic rings. The molecule has 0 aliphatic heterocycles. The highest BCUT2D eigenvalue weighted by molar-refractivity contribution is 5.94. The van der Waals surface area contributed by atoms with Gasteiger partial charge >= 0.3 is 5.97 Å². The molecule has 0 heterocycles. The minimum Gasteiger partial charge on any atom is -0.481 e. The summed E-state index contributed by atoms with van der Waals surface area (Å²) in [5.74, 6) is -2.04. The fourth-order valence-corrected chi connectivity index (χ4v) is 3.44. The Labute approximate surface area is 147 Å². The van der Waals surface area contributed by atoms with Crippen LogP contribution in [0.25, 0.3) is 0 Å². The molecule has 2 N–H and O–H groups in total. The van der Waals surface area contributed by atoms with Crippen molar-refractivity contribution in [3.05, 3.63) is 35.4 Å². The van der Waals surface area contributed by atoms with Crippen LogP contribution in [0.4, 0.5) is 0 Å². The highest BCUT2D eigenvalue weighted by Crippen LogP contribution is 2.33. The van der Waals surface area contributed by atoms with Crippen molar-refractivity contribution >= 4 is 17.8 Å². The second-order valence-corrected chi connectivity index (χ2v) is 7.12. The molecule has 2 atom stereocenters. The van der Waals surface area contributed by atoms with Gasteiger partial charge in [0.2, 0.25) is 5.91 Å². The van der Waals surface area contributed by atoms with E-state index in [0.29, 0.717) is 31.0 Å². The minimum atomic E-state index is -0.879. The number of nitrogens with one attached hydrogen (secondary N) is 1. The van der Waals surface area contributed by atoms with Crippen molar-refractivity contribution in [2.24, 2.45) is 11.8 Å². The minimum absolute atomic E-state index is 0.0614. The first kappa shape index (κ1) is 17.5. The van der Waals surface area contributed by atoms with Crippen molar-refractivity contribution in [1.29, 1.82) is 0 Å². The SMILES string of the molecule is CN(Cc1ccc(C(=O)NC2CC2)cc1)C(=O)[C@@H]1CCC[C@@H]1C(=O)O. The molecule has 2 saturated carbocycles. The Hall–Kier alpha value is -2.37. The van der Waals surface area contributed by atoms with Crippen LogP contribution in [0.5, 0.6) is 0 Å². The summed E-state index contributed by atoms with van der Waals surface area (Å²) in [6.45, 7) is 0.409. The van der Waals surface area contributed by atoms with Gasteiger partial charge in [0, 0.05) is 25.2 Å². The summed E-state index contributed by atoms with van der Waals surface area (Å²) >= 11 is 0. The van der Waals surface area contributed by atoms with E-state index in [1.807, 2.05) is 12.1 Å². The average molecular weight is 344 g/mol. The molecule has 0 bridgehead atoms. The summed E-state index contributed by atoms with van der Waals surface area (Å²) in [4.78, 5) is 37.4. The molecule has 134 valence electrons. The summed E-state index contributed by atoms with van der Waals surface area (Å²) in [7, 11) is 1.70. The predicted octanol–water partition coefficient (Wildman–Crippen LogP) is 2.04. The molecule has 0 saturated heterocycles. The molecule has 3 rings (SSSR count). The van der Waals surface area contributed by atoms with E-state index < -0.39 is 17.8 Å². The molecule has 1 aromatic carbocycles. The Morgan fingerprint density at radius 1 is 1.08 bits per heavy atom. The van der Waals surface area contributed by atoms with Crippen LogP contribution in [-0.2, 0) is 16.1 Å². The van der Waals surface area contributed by atoms with Crippen LogP contribution in [0.2, 0.25) is 0 Å². The Morgan fingerprint density at radius 3 is 2.32 bits per heavy atom. The van der Waals surface area contributed by atoms with Gasteiger partial charge in [-0.3, -0.25) is 14.4 Å². The van der Waals surface area contributed by atoms with E-state index in [0.717, 1.165) is 24.8 Å². The molecular weight excluding hydrogens is 320 g/mol. The molecule has 6 heteroatoms. The number of benzene rings is 1. The third-order valence-electron chi connectivity index (χ3n) is 5.08. The predicted molar refractivity (Wildman–Crippen MR) is 91.9 cm³/mol. The van der Waals surface area contributed by atoms with E-state index in [-0.39, 0.29) is 11.8 Å². The molecule has 2 fully saturated rings. The Bertz CT molecular complexity index is 667. The number of amides is 2. The van der Waals surface area contributed by atoms with Gasteiger partial charge in [-0.15, -0.1) is 0 Å². The van der Waals surface area contributed by atoms with Crippen LogP contribution >= 0.6 is 0 Å². The van der Waals surface area contributed by atoms with E-state index in [9.17, 15) is 19.5 Å². The maximum Gasteiger partial charge on any atom is 0.307 e. The molecular formula is C19H24N2O4. The van der Waals surface area contributed by atoms with Crippen molar-refractivity contribution in [3.63, 3.8) is 0 Å². The second kappa shape index (κ2) is 7.25. The van der Waals surface area contributed by atoms with Crippen LogP contribution in [0.1, 0.15) is 48.0 Å². The number of rotatable bonds is 6. The standard InChI is InChI=1S/C19H24N2O4/c1-21(18(23)15-3-2-4-16(15)19(24)25)11-12-5-7-13(8-6-12)17(22)20-14-9-10-14/h5-8,14-16H,2-4,9-11H2,1H3,(H,20,22)(H,24,25)/t15-,16+/m1/s1. The van der Waals surface area contributed by atoms with Crippen molar-refractivity contribution in [2.45, 2.75) is 44.7 Å². The van der Waals surface area contributed by atoms with E-state index in [4.69, 9.17) is 0 Å². The highest BCUT2D eigenvalue weighted by Gasteiger charge is 2.38. The number of nitrogens with zero attached hydrogens (tertiary/aromatic N) is 1. The van der Waals surface area contributed by atoms with Crippen molar-refractivity contribution in [2.75, 3.05) is 7.05 Å². The maximum absolute atomic E-state index is 12.6. The molecule has 2 aliphatic carbocycles. The summed E-state index contributed by atoms with van der Waals surface area (Å²) in [5, 5.41) is 12.2. The lowest BCUT2D eigenvalue weighted by atomic mass is 9.94. The van der Waals surface area contributed by atoms with Gasteiger partial charge in [0.05, 0.1) is 11.8 Å². The second-order valence-electron chi connectivity index (χ2n) is 7.12. The first-order valence-corrected chi connectivity index (χ1v) is 8.83. The normalized spacial score (nSPS) is 22.4. The number of carbonyl (C=O) groups is 3. The summed E-state index contributed by atoms with van der Waals surface area (Å²) in [6.07, 6.45) is 4.10. The van der Waals surface area contributed by atoms with Crippen molar-refractivity contribution in [3.8, 4) is 0 Å². The number of aliphatic carboxylic acids is 1. The molecule has 2 amide bonds. The third kappa shape index (κ3) is 4.18. The molecule has 6 nitrogen and oxygen atoms in total. The summed E-state index contributed by atoms with van der Waals surface area (Å²) in [6, 6.07) is 7.54. The zero-order valence-corrected chi connectivity index (χ0v) is 14.4. The van der Waals surface area contributed by atoms with Gasteiger partial charge in [0.25, 0.3) is 5.91 Å². The molecule has 0 aromatic heterocycles. The van der Waals surface area contributed by atoms with Gasteiger partial charge in [-0.1, -0.05) is 18.6 Å². The molecule has 0 radical (unpaired) electrons. The Kier molecular flexibility index (Phi) is 5.06.